The predicted octanol–water partition coefficient (Wildman–Crippen LogP) is 2.49. The summed E-state index contributed by atoms with van der Waals surface area (Å²) in [6.07, 6.45) is 7.67. The average molecular weight is 372 g/mol. The zero-order chi connectivity index (χ0) is 19.5. The fourth-order valence-corrected chi connectivity index (χ4v) is 2.36. The van der Waals surface area contributed by atoms with Crippen LogP contribution in [-0.2, 0) is 0 Å². The second-order valence-electron chi connectivity index (χ2n) is 5.41. The third kappa shape index (κ3) is 2.92. The zero-order valence-corrected chi connectivity index (χ0v) is 14.5. The average Bonchev–Trinajstić information content (AvgIpc) is 3.28. The number of nitrogens with two attached hydrogens (primary N) is 1. The van der Waals surface area contributed by atoms with Gasteiger partial charge in [-0.15, -0.1) is 10.2 Å². The third-order valence-corrected chi connectivity index (χ3v) is 3.64. The van der Waals surface area contributed by atoms with Gasteiger partial charge in [0.05, 0.1) is 18.5 Å². The number of aryl methyl sites for hydroxylation is 1. The number of hydrogen-bond donors (Lipinski definition) is 1. The molecule has 4 heterocycles. The maximum absolute atomic E-state index is 7.32. The fourth-order valence-electron chi connectivity index (χ4n) is 2.36. The number of anilines is 1. The summed E-state index contributed by atoms with van der Waals surface area (Å²) in [6.45, 7) is 9.05. The van der Waals surface area contributed by atoms with E-state index >= 15 is 0 Å². The Hall–Kier alpha value is -4.53. The third-order valence-electron chi connectivity index (χ3n) is 3.64. The van der Waals surface area contributed by atoms with Gasteiger partial charge < -0.3 is 5.73 Å². The van der Waals surface area contributed by atoms with Crippen molar-refractivity contribution >= 4 is 23.0 Å². The summed E-state index contributed by atoms with van der Waals surface area (Å²) < 4.78 is 2.70. The number of hydrogen-bond acceptors (Lipinski definition) is 9. The molecule has 0 saturated heterocycles. The van der Waals surface area contributed by atoms with Crippen molar-refractivity contribution < 1.29 is 0 Å². The number of azo groups is 1. The molecule has 2 N–H and O–H groups in total. The Labute approximate surface area is 158 Å². The van der Waals surface area contributed by atoms with E-state index < -0.39 is 0 Å². The highest BCUT2D eigenvalue weighted by atomic mass is 15.4. The maximum atomic E-state index is 7.32. The van der Waals surface area contributed by atoms with Crippen LogP contribution in [0.25, 0.3) is 16.7 Å². The van der Waals surface area contributed by atoms with Gasteiger partial charge in [-0.3, -0.25) is 0 Å². The molecule has 136 valence electrons. The summed E-state index contributed by atoms with van der Waals surface area (Å²) in [4.78, 5) is 19.9. The summed E-state index contributed by atoms with van der Waals surface area (Å²) in [5.74, 6) is 0.987. The van der Waals surface area contributed by atoms with Gasteiger partial charge in [0.1, 0.15) is 0 Å². The topological polar surface area (TPSA) is 142 Å². The standard InChI is InChI=1S/C16H12N12/c1-10-12(13(17)27(26-10)15-19-5-3-6-20-15)24-25-14-11(18-2)9-23-28(14)16-21-7-4-8-22-16/h3-9H,17H2,1H3. The highest BCUT2D eigenvalue weighted by Crippen LogP contribution is 2.33. The molecule has 0 aliphatic carbocycles. The predicted molar refractivity (Wildman–Crippen MR) is 97.9 cm³/mol. The van der Waals surface area contributed by atoms with Crippen molar-refractivity contribution in [1.29, 1.82) is 0 Å². The lowest BCUT2D eigenvalue weighted by Crippen LogP contribution is -2.05. The minimum absolute atomic E-state index is 0.184. The second kappa shape index (κ2) is 7.00. The van der Waals surface area contributed by atoms with Gasteiger partial charge in [0.25, 0.3) is 17.6 Å². The molecule has 0 unspecified atom stereocenters. The van der Waals surface area contributed by atoms with Crippen molar-refractivity contribution in [1.82, 2.24) is 39.5 Å². The number of nitrogens with zero attached hydrogens (tertiary/aromatic N) is 11. The molecule has 0 aliphatic heterocycles. The molecule has 4 rings (SSSR count). The lowest BCUT2D eigenvalue weighted by Gasteiger charge is -2.01. The van der Waals surface area contributed by atoms with Crippen LogP contribution in [0.3, 0.4) is 0 Å². The van der Waals surface area contributed by atoms with Gasteiger partial charge in [-0.1, -0.05) is 0 Å². The van der Waals surface area contributed by atoms with Crippen molar-refractivity contribution in [3.8, 4) is 11.9 Å². The van der Waals surface area contributed by atoms with Crippen molar-refractivity contribution in [2.24, 2.45) is 10.2 Å². The van der Waals surface area contributed by atoms with Crippen LogP contribution >= 0.6 is 0 Å². The maximum Gasteiger partial charge on any atom is 0.252 e. The van der Waals surface area contributed by atoms with Crippen molar-refractivity contribution in [2.75, 3.05) is 5.73 Å². The molecule has 0 atom stereocenters. The van der Waals surface area contributed by atoms with Crippen LogP contribution in [-0.4, -0.2) is 39.5 Å². The molecule has 0 fully saturated rings. The normalized spacial score (nSPS) is 11.0. The van der Waals surface area contributed by atoms with E-state index in [1.165, 1.54) is 15.6 Å². The largest absolute Gasteiger partial charge is 0.382 e. The first kappa shape index (κ1) is 16.9. The van der Waals surface area contributed by atoms with Crippen LogP contribution in [0.2, 0.25) is 0 Å². The molecule has 0 aliphatic rings. The van der Waals surface area contributed by atoms with Gasteiger partial charge in [0, 0.05) is 24.8 Å². The van der Waals surface area contributed by atoms with E-state index in [2.05, 4.69) is 45.2 Å². The fraction of sp³-hybridized carbons (Fsp3) is 0.0625. The molecule has 0 aromatic carbocycles. The summed E-state index contributed by atoms with van der Waals surface area (Å²) >= 11 is 0. The van der Waals surface area contributed by atoms with Gasteiger partial charge in [-0.25, -0.2) is 24.8 Å². The zero-order valence-electron chi connectivity index (χ0n) is 14.5. The smallest absolute Gasteiger partial charge is 0.252 e. The summed E-state index contributed by atoms with van der Waals surface area (Å²) in [5, 5.41) is 16.8. The molecule has 0 saturated carbocycles. The van der Waals surface area contributed by atoms with Crippen LogP contribution in [0.4, 0.5) is 23.0 Å². The Kier molecular flexibility index (Phi) is 4.23. The number of aromatic nitrogens is 8. The summed E-state index contributed by atoms with van der Waals surface area (Å²) in [6, 6.07) is 3.36. The Morgan fingerprint density at radius 3 is 2.18 bits per heavy atom. The van der Waals surface area contributed by atoms with E-state index in [0.29, 0.717) is 17.3 Å². The monoisotopic (exact) mass is 372 g/mol. The highest BCUT2D eigenvalue weighted by molar-refractivity contribution is 5.65. The molecule has 12 heteroatoms. The van der Waals surface area contributed by atoms with E-state index in [1.54, 1.807) is 43.8 Å². The molecule has 0 radical (unpaired) electrons. The van der Waals surface area contributed by atoms with Crippen LogP contribution < -0.4 is 5.73 Å². The lowest BCUT2D eigenvalue weighted by molar-refractivity contribution is 0.803. The molecular weight excluding hydrogens is 360 g/mol. The van der Waals surface area contributed by atoms with E-state index in [1.807, 2.05) is 0 Å². The van der Waals surface area contributed by atoms with Gasteiger partial charge >= 0.3 is 0 Å². The van der Waals surface area contributed by atoms with Crippen molar-refractivity contribution in [3.63, 3.8) is 0 Å². The lowest BCUT2D eigenvalue weighted by atomic mass is 10.4. The molecule has 0 bridgehead atoms. The van der Waals surface area contributed by atoms with Gasteiger partial charge in [-0.2, -0.15) is 19.6 Å². The number of rotatable bonds is 4. The minimum atomic E-state index is 0.184. The summed E-state index contributed by atoms with van der Waals surface area (Å²) in [7, 11) is 0. The van der Waals surface area contributed by atoms with Gasteiger partial charge in [0.15, 0.2) is 17.3 Å². The van der Waals surface area contributed by atoms with Crippen LogP contribution in [0.1, 0.15) is 5.69 Å². The highest BCUT2D eigenvalue weighted by Gasteiger charge is 2.17. The van der Waals surface area contributed by atoms with Crippen LogP contribution in [0, 0.1) is 13.5 Å². The van der Waals surface area contributed by atoms with Crippen LogP contribution in [0.15, 0.2) is 53.3 Å². The first-order chi connectivity index (χ1) is 13.7. The Balaban J connectivity index is 1.76. The van der Waals surface area contributed by atoms with Crippen molar-refractivity contribution in [2.45, 2.75) is 6.92 Å². The number of nitrogen functional groups attached to an aromatic ring is 1. The Bertz CT molecular complexity index is 1180. The summed E-state index contributed by atoms with van der Waals surface area (Å²) in [5.41, 5.74) is 7.22. The van der Waals surface area contributed by atoms with Crippen LogP contribution in [0.5, 0.6) is 0 Å². The molecule has 0 amide bonds. The molecule has 4 aromatic rings. The van der Waals surface area contributed by atoms with E-state index in [9.17, 15) is 0 Å². The van der Waals surface area contributed by atoms with E-state index in [4.69, 9.17) is 12.3 Å². The first-order valence-electron chi connectivity index (χ1n) is 7.96. The SMILES string of the molecule is [C-]#[N+]c1cnn(-c2ncccn2)c1N=Nc1c(C)nn(-c2ncccn2)c1N. The Morgan fingerprint density at radius 1 is 0.964 bits per heavy atom. The molecule has 28 heavy (non-hydrogen) atoms. The first-order valence-corrected chi connectivity index (χ1v) is 7.96. The quantitative estimate of drug-likeness (QED) is 0.428. The Morgan fingerprint density at radius 2 is 1.57 bits per heavy atom. The van der Waals surface area contributed by atoms with E-state index in [-0.39, 0.29) is 23.3 Å². The van der Waals surface area contributed by atoms with Gasteiger partial charge in [0.2, 0.25) is 0 Å². The van der Waals surface area contributed by atoms with Crippen molar-refractivity contribution in [3.05, 3.63) is 60.2 Å². The molecule has 4 aromatic heterocycles. The minimum Gasteiger partial charge on any atom is -0.382 e. The molecule has 0 spiro atoms. The second-order valence-corrected chi connectivity index (χ2v) is 5.41. The van der Waals surface area contributed by atoms with E-state index in [0.717, 1.165) is 0 Å². The molecule has 12 nitrogen and oxygen atoms in total. The van der Waals surface area contributed by atoms with Gasteiger partial charge in [-0.05, 0) is 19.1 Å². The molecular formula is C16H12N12.